The van der Waals surface area contributed by atoms with Crippen LogP contribution >= 0.6 is 0 Å². The highest BCUT2D eigenvalue weighted by molar-refractivity contribution is 5.81. The van der Waals surface area contributed by atoms with E-state index < -0.39 is 0 Å². The first-order valence-corrected chi connectivity index (χ1v) is 7.55. The van der Waals surface area contributed by atoms with Crippen molar-refractivity contribution in [1.82, 2.24) is 4.90 Å². The summed E-state index contributed by atoms with van der Waals surface area (Å²) >= 11 is 0. The highest BCUT2D eigenvalue weighted by atomic mass is 19.1. The van der Waals surface area contributed by atoms with Crippen molar-refractivity contribution < 1.29 is 18.7 Å². The first-order valence-electron chi connectivity index (χ1n) is 7.55. The second-order valence-corrected chi connectivity index (χ2v) is 5.60. The van der Waals surface area contributed by atoms with Crippen molar-refractivity contribution >= 4 is 5.91 Å². The Morgan fingerprint density at radius 3 is 2.76 bits per heavy atom. The number of rotatable bonds is 3. The maximum absolute atomic E-state index is 13.1. The third kappa shape index (κ3) is 3.53. The molecule has 21 heavy (non-hydrogen) atoms. The fraction of sp³-hybridized carbons (Fsp3) is 0.562. The summed E-state index contributed by atoms with van der Waals surface area (Å²) in [6.45, 7) is 2.05. The Hall–Kier alpha value is -1.62. The normalized spacial score (nSPS) is 23.3. The number of benzene rings is 1. The average Bonchev–Trinajstić information content (AvgIpc) is 3.01. The van der Waals surface area contributed by atoms with Crippen molar-refractivity contribution in [2.24, 2.45) is 0 Å². The zero-order valence-corrected chi connectivity index (χ0v) is 12.0. The summed E-state index contributed by atoms with van der Waals surface area (Å²) in [5, 5.41) is 0. The second-order valence-electron chi connectivity index (χ2n) is 5.60. The molecule has 1 amide bonds. The summed E-state index contributed by atoms with van der Waals surface area (Å²) in [4.78, 5) is 14.1. The summed E-state index contributed by atoms with van der Waals surface area (Å²) in [7, 11) is 0. The van der Waals surface area contributed by atoms with Crippen LogP contribution in [0.25, 0.3) is 0 Å². The van der Waals surface area contributed by atoms with Crippen LogP contribution in [-0.2, 0) is 9.53 Å². The van der Waals surface area contributed by atoms with Crippen molar-refractivity contribution in [2.75, 3.05) is 19.7 Å². The fourth-order valence-corrected chi connectivity index (χ4v) is 2.90. The van der Waals surface area contributed by atoms with Gasteiger partial charge in [-0.15, -0.1) is 0 Å². The number of carbonyl (C=O) groups excluding carboxylic acids is 1. The quantitative estimate of drug-likeness (QED) is 0.859. The number of amides is 1. The van der Waals surface area contributed by atoms with Crippen molar-refractivity contribution in [3.63, 3.8) is 0 Å². The molecule has 4 nitrogen and oxygen atoms in total. The average molecular weight is 293 g/mol. The molecule has 2 saturated heterocycles. The predicted molar refractivity (Wildman–Crippen MR) is 75.6 cm³/mol. The maximum atomic E-state index is 13.1. The first-order chi connectivity index (χ1) is 10.2. The van der Waals surface area contributed by atoms with E-state index in [9.17, 15) is 9.18 Å². The predicted octanol–water partition coefficient (Wildman–Crippen LogP) is 2.37. The minimum absolute atomic E-state index is 0.0420. The highest BCUT2D eigenvalue weighted by Crippen LogP contribution is 2.22. The van der Waals surface area contributed by atoms with Gasteiger partial charge < -0.3 is 14.4 Å². The van der Waals surface area contributed by atoms with Gasteiger partial charge in [0.1, 0.15) is 23.8 Å². The van der Waals surface area contributed by atoms with Crippen molar-refractivity contribution in [3.05, 3.63) is 30.1 Å². The van der Waals surface area contributed by atoms with E-state index in [0.29, 0.717) is 25.4 Å². The van der Waals surface area contributed by atoms with Crippen LogP contribution in [0.2, 0.25) is 0 Å². The SMILES string of the molecule is O=C([C@H]1CCCO1)N1CCC(Oc2cccc(F)c2)CC1. The number of nitrogens with zero attached hydrogens (tertiary/aromatic N) is 1. The van der Waals surface area contributed by atoms with Crippen LogP contribution in [0.15, 0.2) is 24.3 Å². The Bertz CT molecular complexity index is 494. The molecular formula is C16H20FNO3. The van der Waals surface area contributed by atoms with E-state index in [2.05, 4.69) is 0 Å². The number of halogens is 1. The van der Waals surface area contributed by atoms with Crippen LogP contribution in [0.4, 0.5) is 4.39 Å². The lowest BCUT2D eigenvalue weighted by atomic mass is 10.1. The Labute approximate surface area is 123 Å². The zero-order valence-electron chi connectivity index (χ0n) is 12.0. The smallest absolute Gasteiger partial charge is 0.251 e. The molecule has 2 aliphatic heterocycles. The van der Waals surface area contributed by atoms with E-state index in [0.717, 1.165) is 25.7 Å². The van der Waals surface area contributed by atoms with E-state index in [1.807, 2.05) is 4.90 Å². The Kier molecular flexibility index (Phi) is 4.39. The molecule has 0 saturated carbocycles. The number of hydrogen-bond donors (Lipinski definition) is 0. The van der Waals surface area contributed by atoms with Crippen molar-refractivity contribution in [3.8, 4) is 5.75 Å². The highest BCUT2D eigenvalue weighted by Gasteiger charge is 2.31. The van der Waals surface area contributed by atoms with Gasteiger partial charge in [-0.25, -0.2) is 4.39 Å². The first kappa shape index (κ1) is 14.3. The van der Waals surface area contributed by atoms with Gasteiger partial charge in [0, 0.05) is 38.6 Å². The minimum Gasteiger partial charge on any atom is -0.490 e. The maximum Gasteiger partial charge on any atom is 0.251 e. The molecule has 2 aliphatic rings. The third-order valence-corrected chi connectivity index (χ3v) is 4.06. The van der Waals surface area contributed by atoms with E-state index in [4.69, 9.17) is 9.47 Å². The largest absolute Gasteiger partial charge is 0.490 e. The molecule has 0 aromatic heterocycles. The molecule has 1 atom stereocenters. The number of carbonyl (C=O) groups is 1. The molecule has 1 aromatic carbocycles. The van der Waals surface area contributed by atoms with E-state index >= 15 is 0 Å². The van der Waals surface area contributed by atoms with Crippen molar-refractivity contribution in [1.29, 1.82) is 0 Å². The summed E-state index contributed by atoms with van der Waals surface area (Å²) in [6.07, 6.45) is 3.14. The lowest BCUT2D eigenvalue weighted by Gasteiger charge is -2.33. The third-order valence-electron chi connectivity index (χ3n) is 4.06. The molecule has 0 N–H and O–H groups in total. The Balaban J connectivity index is 1.49. The molecule has 0 aliphatic carbocycles. The number of hydrogen-bond acceptors (Lipinski definition) is 3. The van der Waals surface area contributed by atoms with Gasteiger partial charge in [-0.2, -0.15) is 0 Å². The van der Waals surface area contributed by atoms with Crippen LogP contribution in [0, 0.1) is 5.82 Å². The Morgan fingerprint density at radius 1 is 1.29 bits per heavy atom. The van der Waals surface area contributed by atoms with E-state index in [-0.39, 0.29) is 23.9 Å². The summed E-state index contributed by atoms with van der Waals surface area (Å²) in [6, 6.07) is 6.19. The molecular weight excluding hydrogens is 273 g/mol. The van der Waals surface area contributed by atoms with Gasteiger partial charge in [-0.05, 0) is 25.0 Å². The monoisotopic (exact) mass is 293 g/mol. The van der Waals surface area contributed by atoms with Crippen LogP contribution in [-0.4, -0.2) is 42.7 Å². The number of likely N-dealkylation sites (tertiary alicyclic amines) is 1. The topological polar surface area (TPSA) is 38.8 Å². The van der Waals surface area contributed by atoms with Crippen LogP contribution in [0.3, 0.4) is 0 Å². The minimum atomic E-state index is -0.293. The van der Waals surface area contributed by atoms with Crippen LogP contribution in [0.5, 0.6) is 5.75 Å². The number of ether oxygens (including phenoxy) is 2. The summed E-state index contributed by atoms with van der Waals surface area (Å²) < 4.78 is 24.3. The standard InChI is InChI=1S/C16H20FNO3/c17-12-3-1-4-14(11-12)21-13-6-8-18(9-7-13)16(19)15-5-2-10-20-15/h1,3-4,11,13,15H,2,5-10H2/t15-/m1/s1. The van der Waals surface area contributed by atoms with Gasteiger partial charge in [-0.3, -0.25) is 4.79 Å². The fourth-order valence-electron chi connectivity index (χ4n) is 2.90. The molecule has 0 bridgehead atoms. The molecule has 2 fully saturated rings. The summed E-state index contributed by atoms with van der Waals surface area (Å²) in [5.41, 5.74) is 0. The van der Waals surface area contributed by atoms with Crippen LogP contribution < -0.4 is 4.74 Å². The molecule has 3 rings (SSSR count). The molecule has 1 aromatic rings. The van der Waals surface area contributed by atoms with E-state index in [1.54, 1.807) is 12.1 Å². The van der Waals surface area contributed by atoms with Gasteiger partial charge in [0.2, 0.25) is 0 Å². The molecule has 0 unspecified atom stereocenters. The zero-order chi connectivity index (χ0) is 14.7. The second kappa shape index (κ2) is 6.43. The molecule has 2 heterocycles. The Morgan fingerprint density at radius 2 is 2.10 bits per heavy atom. The molecule has 0 spiro atoms. The van der Waals surface area contributed by atoms with Crippen LogP contribution in [0.1, 0.15) is 25.7 Å². The van der Waals surface area contributed by atoms with Gasteiger partial charge in [0.05, 0.1) is 0 Å². The lowest BCUT2D eigenvalue weighted by molar-refractivity contribution is -0.142. The molecule has 0 radical (unpaired) electrons. The van der Waals surface area contributed by atoms with Gasteiger partial charge in [0.25, 0.3) is 5.91 Å². The lowest BCUT2D eigenvalue weighted by Crippen LogP contribution is -2.45. The van der Waals surface area contributed by atoms with Crippen molar-refractivity contribution in [2.45, 2.75) is 37.9 Å². The molecule has 5 heteroatoms. The van der Waals surface area contributed by atoms with Gasteiger partial charge >= 0.3 is 0 Å². The van der Waals surface area contributed by atoms with Gasteiger partial charge in [-0.1, -0.05) is 6.07 Å². The number of piperidine rings is 1. The van der Waals surface area contributed by atoms with Gasteiger partial charge in [0.15, 0.2) is 0 Å². The molecule has 114 valence electrons. The van der Waals surface area contributed by atoms with E-state index in [1.165, 1.54) is 12.1 Å². The summed E-state index contributed by atoms with van der Waals surface area (Å²) in [5.74, 6) is 0.370.